The third-order valence-electron chi connectivity index (χ3n) is 3.60. The first-order valence-corrected chi connectivity index (χ1v) is 11.7. The molecule has 0 aliphatic rings. The average molecular weight is 329 g/mol. The molecule has 0 aromatic rings. The maximum Gasteiger partial charge on any atom is 0.251 e. The van der Waals surface area contributed by atoms with Crippen LogP contribution in [0.4, 0.5) is 0 Å². The third kappa shape index (κ3) is 9.46. The standard InChI is InChI=1S/C18H36OSSi/c1-15(2)13-11-12-14-16(20-17(3,4)5)19-21(9,10)18(6,7)8/h13-14H,11-12H2,1-10H3/b16-14-. The first-order valence-electron chi connectivity index (χ1n) is 7.96. The monoisotopic (exact) mass is 328 g/mol. The van der Waals surface area contributed by atoms with E-state index in [2.05, 4.69) is 80.6 Å². The van der Waals surface area contributed by atoms with Gasteiger partial charge in [-0.25, -0.2) is 0 Å². The van der Waals surface area contributed by atoms with Gasteiger partial charge in [0.05, 0.1) is 0 Å². The summed E-state index contributed by atoms with van der Waals surface area (Å²) in [6.07, 6.45) is 6.73. The van der Waals surface area contributed by atoms with Crippen LogP contribution in [0, 0.1) is 0 Å². The second-order valence-corrected chi connectivity index (χ2v) is 15.0. The van der Waals surface area contributed by atoms with Crippen molar-refractivity contribution in [1.29, 1.82) is 0 Å². The van der Waals surface area contributed by atoms with Gasteiger partial charge in [-0.05, 0) is 50.9 Å². The molecule has 0 aromatic carbocycles. The maximum atomic E-state index is 6.53. The van der Waals surface area contributed by atoms with Gasteiger partial charge in [0.1, 0.15) is 5.09 Å². The fourth-order valence-electron chi connectivity index (χ4n) is 1.38. The molecule has 0 N–H and O–H groups in total. The zero-order valence-electron chi connectivity index (χ0n) is 15.9. The first kappa shape index (κ1) is 20.8. The van der Waals surface area contributed by atoms with Gasteiger partial charge in [-0.2, -0.15) is 0 Å². The van der Waals surface area contributed by atoms with Crippen LogP contribution in [0.5, 0.6) is 0 Å². The van der Waals surface area contributed by atoms with Gasteiger partial charge in [0, 0.05) is 4.75 Å². The van der Waals surface area contributed by atoms with Gasteiger partial charge >= 0.3 is 0 Å². The summed E-state index contributed by atoms with van der Waals surface area (Å²) in [5.74, 6) is 0. The van der Waals surface area contributed by atoms with Gasteiger partial charge in [0.25, 0.3) is 8.32 Å². The SMILES string of the molecule is CC(C)=CCC/C=C(/O[Si](C)(C)C(C)(C)C)SC(C)(C)C. The van der Waals surface area contributed by atoms with E-state index in [4.69, 9.17) is 4.43 Å². The van der Waals surface area contributed by atoms with Gasteiger partial charge in [0.15, 0.2) is 0 Å². The van der Waals surface area contributed by atoms with Crippen LogP contribution >= 0.6 is 11.8 Å². The molecule has 0 atom stereocenters. The van der Waals surface area contributed by atoms with E-state index in [0.29, 0.717) is 0 Å². The predicted octanol–water partition coefficient (Wildman–Crippen LogP) is 7.13. The van der Waals surface area contributed by atoms with Crippen LogP contribution < -0.4 is 0 Å². The zero-order valence-corrected chi connectivity index (χ0v) is 17.7. The second kappa shape index (κ2) is 7.91. The summed E-state index contributed by atoms with van der Waals surface area (Å²) < 4.78 is 6.71. The van der Waals surface area contributed by atoms with Crippen molar-refractivity contribution in [2.24, 2.45) is 0 Å². The summed E-state index contributed by atoms with van der Waals surface area (Å²) >= 11 is 1.86. The fourth-order valence-corrected chi connectivity index (χ4v) is 3.87. The van der Waals surface area contributed by atoms with Crippen LogP contribution in [0.1, 0.15) is 68.2 Å². The Balaban J connectivity index is 4.99. The summed E-state index contributed by atoms with van der Waals surface area (Å²) in [5, 5.41) is 1.36. The van der Waals surface area contributed by atoms with E-state index < -0.39 is 8.32 Å². The minimum absolute atomic E-state index is 0.185. The van der Waals surface area contributed by atoms with Gasteiger partial charge < -0.3 is 4.43 Å². The van der Waals surface area contributed by atoms with Crippen molar-refractivity contribution < 1.29 is 4.43 Å². The molecule has 0 saturated heterocycles. The lowest BCUT2D eigenvalue weighted by molar-refractivity contribution is 0.414. The molecule has 0 unspecified atom stereocenters. The van der Waals surface area contributed by atoms with Crippen LogP contribution in [0.2, 0.25) is 18.1 Å². The van der Waals surface area contributed by atoms with Crippen molar-refractivity contribution in [2.45, 2.75) is 91.1 Å². The summed E-state index contributed by atoms with van der Waals surface area (Å²) in [7, 11) is -1.75. The normalized spacial score (nSPS) is 14.1. The molecule has 0 aromatic heterocycles. The minimum atomic E-state index is -1.75. The molecular formula is C18H36OSSi. The van der Waals surface area contributed by atoms with E-state index in [1.807, 2.05) is 11.8 Å². The summed E-state index contributed by atoms with van der Waals surface area (Å²) in [6.45, 7) is 22.6. The van der Waals surface area contributed by atoms with Crippen molar-refractivity contribution in [1.82, 2.24) is 0 Å². The Hall–Kier alpha value is -0.153. The van der Waals surface area contributed by atoms with Gasteiger partial charge in [0.2, 0.25) is 0 Å². The van der Waals surface area contributed by atoms with Gasteiger partial charge in [-0.1, -0.05) is 65.0 Å². The van der Waals surface area contributed by atoms with Crippen LogP contribution in [0.15, 0.2) is 22.8 Å². The highest BCUT2D eigenvalue weighted by molar-refractivity contribution is 8.04. The molecule has 3 heteroatoms. The molecule has 0 heterocycles. The number of hydrogen-bond acceptors (Lipinski definition) is 2. The number of allylic oxidation sites excluding steroid dienone is 3. The topological polar surface area (TPSA) is 9.23 Å². The van der Waals surface area contributed by atoms with E-state index in [1.165, 1.54) is 5.57 Å². The lowest BCUT2D eigenvalue weighted by atomic mass is 10.2. The molecule has 0 aliphatic carbocycles. The molecule has 0 amide bonds. The quantitative estimate of drug-likeness (QED) is 0.222. The lowest BCUT2D eigenvalue weighted by Crippen LogP contribution is -2.40. The molecule has 0 radical (unpaired) electrons. The van der Waals surface area contributed by atoms with Crippen molar-refractivity contribution in [3.8, 4) is 0 Å². The van der Waals surface area contributed by atoms with E-state index in [0.717, 1.165) is 17.9 Å². The highest BCUT2D eigenvalue weighted by Gasteiger charge is 2.39. The second-order valence-electron chi connectivity index (χ2n) is 8.46. The largest absolute Gasteiger partial charge is 0.539 e. The smallest absolute Gasteiger partial charge is 0.251 e. The molecule has 0 bridgehead atoms. The molecule has 124 valence electrons. The molecule has 0 spiro atoms. The Bertz CT molecular complexity index is 377. The molecule has 21 heavy (non-hydrogen) atoms. The van der Waals surface area contributed by atoms with Crippen molar-refractivity contribution in [2.75, 3.05) is 0 Å². The Morgan fingerprint density at radius 3 is 1.81 bits per heavy atom. The minimum Gasteiger partial charge on any atom is -0.539 e. The number of unbranched alkanes of at least 4 members (excludes halogenated alkanes) is 1. The fraction of sp³-hybridized carbons (Fsp3) is 0.778. The van der Waals surface area contributed by atoms with E-state index >= 15 is 0 Å². The third-order valence-corrected chi connectivity index (χ3v) is 9.15. The Morgan fingerprint density at radius 1 is 0.952 bits per heavy atom. The summed E-state index contributed by atoms with van der Waals surface area (Å²) in [6, 6.07) is 0. The van der Waals surface area contributed by atoms with Crippen LogP contribution in [-0.2, 0) is 4.43 Å². The van der Waals surface area contributed by atoms with Crippen molar-refractivity contribution in [3.63, 3.8) is 0 Å². The van der Waals surface area contributed by atoms with E-state index in [1.54, 1.807) is 0 Å². The van der Waals surface area contributed by atoms with Gasteiger partial charge in [-0.3, -0.25) is 0 Å². The molecule has 0 saturated carbocycles. The Labute approximate surface area is 138 Å². The molecule has 0 fully saturated rings. The number of hydrogen-bond donors (Lipinski definition) is 0. The highest BCUT2D eigenvalue weighted by atomic mass is 32.2. The summed E-state index contributed by atoms with van der Waals surface area (Å²) in [5.41, 5.74) is 1.39. The van der Waals surface area contributed by atoms with Crippen LogP contribution in [-0.4, -0.2) is 13.1 Å². The summed E-state index contributed by atoms with van der Waals surface area (Å²) in [4.78, 5) is 0. The molecule has 1 nitrogen and oxygen atoms in total. The van der Waals surface area contributed by atoms with Crippen molar-refractivity contribution in [3.05, 3.63) is 22.8 Å². The molecule has 0 aliphatic heterocycles. The Kier molecular flexibility index (Phi) is 7.86. The Morgan fingerprint density at radius 2 is 1.43 bits per heavy atom. The average Bonchev–Trinajstić information content (AvgIpc) is 2.19. The van der Waals surface area contributed by atoms with Crippen molar-refractivity contribution >= 4 is 20.1 Å². The van der Waals surface area contributed by atoms with Gasteiger partial charge in [-0.15, -0.1) is 0 Å². The zero-order chi connectivity index (χ0) is 16.9. The molecular weight excluding hydrogens is 292 g/mol. The van der Waals surface area contributed by atoms with Crippen LogP contribution in [0.3, 0.4) is 0 Å². The van der Waals surface area contributed by atoms with E-state index in [9.17, 15) is 0 Å². The van der Waals surface area contributed by atoms with Crippen LogP contribution in [0.25, 0.3) is 0 Å². The maximum absolute atomic E-state index is 6.53. The first-order chi connectivity index (χ1) is 9.24. The number of thioether (sulfide) groups is 1. The number of rotatable bonds is 6. The highest BCUT2D eigenvalue weighted by Crippen LogP contribution is 2.42. The predicted molar refractivity (Wildman–Crippen MR) is 102 cm³/mol. The lowest BCUT2D eigenvalue weighted by Gasteiger charge is -2.38. The van der Waals surface area contributed by atoms with E-state index in [-0.39, 0.29) is 9.79 Å². The molecule has 0 rings (SSSR count).